The standard InChI is InChI=1S/C16H22O/c1-2-3-11-16(12-7-10-15(17)13-16)14-8-5-4-6-9-14/h4-6,8-9H,2-3,7,10-13H2,1H3/t16-/m1/s1. The zero-order valence-electron chi connectivity index (χ0n) is 10.7. The molecule has 0 unspecified atom stereocenters. The summed E-state index contributed by atoms with van der Waals surface area (Å²) in [6, 6.07) is 10.7. The van der Waals surface area contributed by atoms with Crippen molar-refractivity contribution in [1.82, 2.24) is 0 Å². The third-order valence-corrected chi connectivity index (χ3v) is 4.04. The number of benzene rings is 1. The fraction of sp³-hybridized carbons (Fsp3) is 0.562. The average molecular weight is 230 g/mol. The van der Waals surface area contributed by atoms with Crippen LogP contribution in [-0.4, -0.2) is 5.78 Å². The summed E-state index contributed by atoms with van der Waals surface area (Å²) >= 11 is 0. The van der Waals surface area contributed by atoms with Gasteiger partial charge in [-0.15, -0.1) is 0 Å². The number of rotatable bonds is 4. The average Bonchev–Trinajstić information content (AvgIpc) is 2.37. The van der Waals surface area contributed by atoms with Gasteiger partial charge in [0.25, 0.3) is 0 Å². The second kappa shape index (κ2) is 5.48. The van der Waals surface area contributed by atoms with Gasteiger partial charge in [-0.3, -0.25) is 4.79 Å². The minimum absolute atomic E-state index is 0.145. The van der Waals surface area contributed by atoms with Crippen LogP contribution in [0.3, 0.4) is 0 Å². The summed E-state index contributed by atoms with van der Waals surface area (Å²) in [5.74, 6) is 0.455. The Morgan fingerprint density at radius 2 is 2.00 bits per heavy atom. The molecule has 1 aliphatic rings. The van der Waals surface area contributed by atoms with E-state index in [1.54, 1.807) is 0 Å². The molecule has 92 valence electrons. The van der Waals surface area contributed by atoms with Crippen molar-refractivity contribution in [2.45, 2.75) is 57.3 Å². The highest BCUT2D eigenvalue weighted by Crippen LogP contribution is 2.41. The van der Waals surface area contributed by atoms with E-state index in [0.29, 0.717) is 5.78 Å². The molecular weight excluding hydrogens is 208 g/mol. The second-order valence-corrected chi connectivity index (χ2v) is 5.32. The van der Waals surface area contributed by atoms with Crippen molar-refractivity contribution in [3.8, 4) is 0 Å². The first-order chi connectivity index (χ1) is 8.27. The maximum Gasteiger partial charge on any atom is 0.133 e. The summed E-state index contributed by atoms with van der Waals surface area (Å²) < 4.78 is 0. The van der Waals surface area contributed by atoms with Crippen LogP contribution in [0.4, 0.5) is 0 Å². The van der Waals surface area contributed by atoms with Crippen LogP contribution in [0.1, 0.15) is 57.4 Å². The number of ketones is 1. The molecule has 0 saturated heterocycles. The summed E-state index contributed by atoms with van der Waals surface area (Å²) in [6.07, 6.45) is 7.40. The molecule has 1 saturated carbocycles. The Kier molecular flexibility index (Phi) is 3.98. The number of carbonyl (C=O) groups is 1. The number of unbranched alkanes of at least 4 members (excludes halogenated alkanes) is 1. The molecule has 1 fully saturated rings. The zero-order chi connectivity index (χ0) is 12.1. The molecule has 1 atom stereocenters. The van der Waals surface area contributed by atoms with E-state index >= 15 is 0 Å². The van der Waals surface area contributed by atoms with Crippen LogP contribution in [0, 0.1) is 0 Å². The van der Waals surface area contributed by atoms with Crippen LogP contribution in [0.15, 0.2) is 30.3 Å². The molecule has 0 amide bonds. The van der Waals surface area contributed by atoms with E-state index in [1.807, 2.05) is 0 Å². The summed E-state index contributed by atoms with van der Waals surface area (Å²) in [5, 5.41) is 0. The molecule has 0 N–H and O–H groups in total. The van der Waals surface area contributed by atoms with Gasteiger partial charge in [-0.1, -0.05) is 50.1 Å². The molecule has 2 rings (SSSR count). The lowest BCUT2D eigenvalue weighted by Gasteiger charge is -2.37. The highest BCUT2D eigenvalue weighted by molar-refractivity contribution is 5.81. The Morgan fingerprint density at radius 3 is 2.65 bits per heavy atom. The van der Waals surface area contributed by atoms with Crippen LogP contribution in [-0.2, 0) is 10.2 Å². The maximum atomic E-state index is 11.8. The molecule has 0 aliphatic heterocycles. The van der Waals surface area contributed by atoms with Gasteiger partial charge >= 0.3 is 0 Å². The van der Waals surface area contributed by atoms with E-state index in [2.05, 4.69) is 37.3 Å². The first kappa shape index (κ1) is 12.3. The molecule has 1 aromatic carbocycles. The van der Waals surface area contributed by atoms with Crippen LogP contribution in [0.25, 0.3) is 0 Å². The maximum absolute atomic E-state index is 11.8. The molecule has 0 heterocycles. The van der Waals surface area contributed by atoms with Gasteiger partial charge in [0.15, 0.2) is 0 Å². The Bertz CT molecular complexity index is 368. The first-order valence-electron chi connectivity index (χ1n) is 6.84. The minimum Gasteiger partial charge on any atom is -0.300 e. The fourth-order valence-electron chi connectivity index (χ4n) is 3.09. The van der Waals surface area contributed by atoms with Crippen LogP contribution < -0.4 is 0 Å². The molecule has 1 nitrogen and oxygen atoms in total. The van der Waals surface area contributed by atoms with Crippen LogP contribution in [0.2, 0.25) is 0 Å². The first-order valence-corrected chi connectivity index (χ1v) is 6.84. The predicted molar refractivity (Wildman–Crippen MR) is 71.1 cm³/mol. The lowest BCUT2D eigenvalue weighted by Crippen LogP contribution is -2.33. The third kappa shape index (κ3) is 2.77. The number of hydrogen-bond acceptors (Lipinski definition) is 1. The fourth-order valence-corrected chi connectivity index (χ4v) is 3.09. The highest BCUT2D eigenvalue weighted by Gasteiger charge is 2.36. The van der Waals surface area contributed by atoms with Gasteiger partial charge in [0.2, 0.25) is 0 Å². The molecule has 0 bridgehead atoms. The zero-order valence-corrected chi connectivity index (χ0v) is 10.7. The Balaban J connectivity index is 2.26. The van der Waals surface area contributed by atoms with Gasteiger partial charge < -0.3 is 0 Å². The third-order valence-electron chi connectivity index (χ3n) is 4.04. The van der Waals surface area contributed by atoms with Gasteiger partial charge in [0.05, 0.1) is 0 Å². The second-order valence-electron chi connectivity index (χ2n) is 5.32. The molecule has 0 aromatic heterocycles. The van der Waals surface area contributed by atoms with Gasteiger partial charge in [-0.2, -0.15) is 0 Å². The highest BCUT2D eigenvalue weighted by atomic mass is 16.1. The van der Waals surface area contributed by atoms with E-state index in [-0.39, 0.29) is 5.41 Å². The summed E-state index contributed by atoms with van der Waals surface area (Å²) in [6.45, 7) is 2.23. The van der Waals surface area contributed by atoms with Crippen molar-refractivity contribution < 1.29 is 4.79 Å². The van der Waals surface area contributed by atoms with Gasteiger partial charge in [-0.25, -0.2) is 0 Å². The van der Waals surface area contributed by atoms with Crippen molar-refractivity contribution in [2.75, 3.05) is 0 Å². The SMILES string of the molecule is CCCC[C@@]1(c2ccccc2)CCCC(=O)C1. The van der Waals surface area contributed by atoms with Gasteiger partial charge in [0.1, 0.15) is 5.78 Å². The van der Waals surface area contributed by atoms with E-state index in [1.165, 1.54) is 31.2 Å². The smallest absolute Gasteiger partial charge is 0.133 e. The summed E-state index contributed by atoms with van der Waals surface area (Å²) in [4.78, 5) is 11.8. The number of Topliss-reactive ketones (excluding diaryl/α,β-unsaturated/α-hetero) is 1. The van der Waals surface area contributed by atoms with Gasteiger partial charge in [0, 0.05) is 18.3 Å². The van der Waals surface area contributed by atoms with E-state index in [4.69, 9.17) is 0 Å². The molecule has 1 aromatic rings. The van der Waals surface area contributed by atoms with E-state index in [0.717, 1.165) is 19.3 Å². The molecule has 1 aliphatic carbocycles. The van der Waals surface area contributed by atoms with Crippen molar-refractivity contribution in [3.63, 3.8) is 0 Å². The lowest BCUT2D eigenvalue weighted by atomic mass is 9.66. The Hall–Kier alpha value is -1.11. The topological polar surface area (TPSA) is 17.1 Å². The van der Waals surface area contributed by atoms with E-state index < -0.39 is 0 Å². The predicted octanol–water partition coefficient (Wildman–Crippen LogP) is 4.26. The molecule has 1 heteroatoms. The molecule has 0 spiro atoms. The van der Waals surface area contributed by atoms with Crippen molar-refractivity contribution in [3.05, 3.63) is 35.9 Å². The quantitative estimate of drug-likeness (QED) is 0.755. The monoisotopic (exact) mass is 230 g/mol. The number of carbonyl (C=O) groups excluding carboxylic acids is 1. The van der Waals surface area contributed by atoms with E-state index in [9.17, 15) is 4.79 Å². The van der Waals surface area contributed by atoms with Crippen LogP contribution in [0.5, 0.6) is 0 Å². The van der Waals surface area contributed by atoms with Crippen molar-refractivity contribution in [1.29, 1.82) is 0 Å². The van der Waals surface area contributed by atoms with Gasteiger partial charge in [-0.05, 0) is 24.8 Å². The Morgan fingerprint density at radius 1 is 1.24 bits per heavy atom. The van der Waals surface area contributed by atoms with Crippen molar-refractivity contribution in [2.24, 2.45) is 0 Å². The summed E-state index contributed by atoms with van der Waals surface area (Å²) in [7, 11) is 0. The molecule has 0 radical (unpaired) electrons. The normalized spacial score (nSPS) is 24.9. The summed E-state index contributed by atoms with van der Waals surface area (Å²) in [5.41, 5.74) is 1.52. The van der Waals surface area contributed by atoms with Crippen molar-refractivity contribution >= 4 is 5.78 Å². The number of hydrogen-bond donors (Lipinski definition) is 0. The minimum atomic E-state index is 0.145. The van der Waals surface area contributed by atoms with Crippen LogP contribution >= 0.6 is 0 Å². The molecular formula is C16H22O. The lowest BCUT2D eigenvalue weighted by molar-refractivity contribution is -0.122. The largest absolute Gasteiger partial charge is 0.300 e. The Labute approximate surface area is 104 Å². The molecule has 17 heavy (non-hydrogen) atoms.